The molecule has 0 amide bonds. The quantitative estimate of drug-likeness (QED) is 0.846. The zero-order valence-corrected chi connectivity index (χ0v) is 13.4. The number of thiazole rings is 1. The normalized spacial score (nSPS) is 22.5. The molecular weight excluding hydrogens is 304 g/mol. The van der Waals surface area contributed by atoms with Crippen LogP contribution >= 0.6 is 22.9 Å². The van der Waals surface area contributed by atoms with Gasteiger partial charge >= 0.3 is 0 Å². The van der Waals surface area contributed by atoms with Crippen LogP contribution in [-0.2, 0) is 0 Å². The van der Waals surface area contributed by atoms with E-state index in [2.05, 4.69) is 14.3 Å². The van der Waals surface area contributed by atoms with Gasteiger partial charge in [-0.1, -0.05) is 11.3 Å². The molecule has 2 aliphatic rings. The minimum Gasteiger partial charge on any atom is -0.470 e. The van der Waals surface area contributed by atoms with E-state index in [0.717, 1.165) is 35.8 Å². The van der Waals surface area contributed by atoms with Gasteiger partial charge in [-0.25, -0.2) is 9.97 Å². The molecule has 2 aromatic rings. The number of aromatic nitrogens is 3. The second-order valence-corrected chi connectivity index (χ2v) is 7.36. The molecule has 21 heavy (non-hydrogen) atoms. The minimum absolute atomic E-state index is 0.552. The summed E-state index contributed by atoms with van der Waals surface area (Å²) in [5.41, 5.74) is 0. The standard InChI is InChI=1S/C14H18N4OS2/c1-2-10(9-19-14-15-5-7-20-14)8-18(6-1)13-16-12(17-21-13)11-3-4-11/h5,7,10-11H,1-4,6,8-9H2. The van der Waals surface area contributed by atoms with Crippen molar-refractivity contribution in [1.82, 2.24) is 14.3 Å². The van der Waals surface area contributed by atoms with Gasteiger partial charge in [0.1, 0.15) is 5.82 Å². The maximum atomic E-state index is 5.77. The zero-order valence-electron chi connectivity index (χ0n) is 11.8. The van der Waals surface area contributed by atoms with E-state index < -0.39 is 0 Å². The molecule has 7 heteroatoms. The summed E-state index contributed by atoms with van der Waals surface area (Å²) in [4.78, 5) is 11.3. The van der Waals surface area contributed by atoms with Gasteiger partial charge in [-0.3, -0.25) is 0 Å². The molecular formula is C14H18N4OS2. The maximum absolute atomic E-state index is 5.77. The van der Waals surface area contributed by atoms with Gasteiger partial charge in [0, 0.05) is 48.0 Å². The molecule has 1 atom stereocenters. The molecule has 1 saturated carbocycles. The van der Waals surface area contributed by atoms with Crippen molar-refractivity contribution in [3.8, 4) is 5.19 Å². The lowest BCUT2D eigenvalue weighted by atomic mass is 9.99. The number of hydrogen-bond donors (Lipinski definition) is 0. The Morgan fingerprint density at radius 2 is 2.29 bits per heavy atom. The van der Waals surface area contributed by atoms with Crippen LogP contribution in [0.4, 0.5) is 5.13 Å². The Morgan fingerprint density at radius 3 is 3.10 bits per heavy atom. The van der Waals surface area contributed by atoms with Gasteiger partial charge in [0.25, 0.3) is 5.19 Å². The zero-order chi connectivity index (χ0) is 14.1. The van der Waals surface area contributed by atoms with E-state index in [4.69, 9.17) is 9.72 Å². The van der Waals surface area contributed by atoms with Gasteiger partial charge in [0.15, 0.2) is 0 Å². The molecule has 4 rings (SSSR count). The average molecular weight is 322 g/mol. The first-order valence-electron chi connectivity index (χ1n) is 7.49. The van der Waals surface area contributed by atoms with Gasteiger partial charge in [-0.05, 0) is 25.7 Å². The van der Waals surface area contributed by atoms with E-state index in [1.807, 2.05) is 5.38 Å². The van der Waals surface area contributed by atoms with E-state index in [1.165, 1.54) is 25.7 Å². The number of nitrogens with zero attached hydrogens (tertiary/aromatic N) is 4. The van der Waals surface area contributed by atoms with Crippen LogP contribution < -0.4 is 9.64 Å². The van der Waals surface area contributed by atoms with Crippen LogP contribution in [0.15, 0.2) is 11.6 Å². The van der Waals surface area contributed by atoms with Crippen molar-refractivity contribution in [1.29, 1.82) is 0 Å². The summed E-state index contributed by atoms with van der Waals surface area (Å²) in [6.45, 7) is 2.86. The summed E-state index contributed by atoms with van der Waals surface area (Å²) < 4.78 is 10.3. The van der Waals surface area contributed by atoms with Crippen LogP contribution in [0.2, 0.25) is 0 Å². The van der Waals surface area contributed by atoms with Crippen LogP contribution in [-0.4, -0.2) is 34.0 Å². The van der Waals surface area contributed by atoms with Crippen LogP contribution in [0, 0.1) is 5.92 Å². The molecule has 1 aliphatic heterocycles. The predicted molar refractivity (Wildman–Crippen MR) is 84.4 cm³/mol. The second-order valence-electron chi connectivity index (χ2n) is 5.77. The SMILES string of the molecule is c1csc(OCC2CCCN(c3nc(C4CC4)ns3)C2)n1. The topological polar surface area (TPSA) is 51.1 Å². The first-order chi connectivity index (χ1) is 10.4. The second kappa shape index (κ2) is 5.88. The van der Waals surface area contributed by atoms with E-state index in [1.54, 1.807) is 29.1 Å². The fourth-order valence-electron chi connectivity index (χ4n) is 2.71. The highest BCUT2D eigenvalue weighted by Crippen LogP contribution is 2.40. The first kappa shape index (κ1) is 13.5. The summed E-state index contributed by atoms with van der Waals surface area (Å²) in [6.07, 6.45) is 6.73. The van der Waals surface area contributed by atoms with Crippen molar-refractivity contribution in [2.24, 2.45) is 5.92 Å². The molecule has 0 N–H and O–H groups in total. The summed E-state index contributed by atoms with van der Waals surface area (Å²) >= 11 is 3.11. The summed E-state index contributed by atoms with van der Waals surface area (Å²) in [5.74, 6) is 2.26. The van der Waals surface area contributed by atoms with E-state index >= 15 is 0 Å². The lowest BCUT2D eigenvalue weighted by Crippen LogP contribution is -2.37. The van der Waals surface area contributed by atoms with Gasteiger partial charge in [-0.15, -0.1) is 0 Å². The molecule has 0 radical (unpaired) electrons. The number of piperidine rings is 1. The van der Waals surface area contributed by atoms with Gasteiger partial charge in [-0.2, -0.15) is 4.37 Å². The summed E-state index contributed by atoms with van der Waals surface area (Å²) in [7, 11) is 0. The van der Waals surface area contributed by atoms with Crippen LogP contribution in [0.5, 0.6) is 5.19 Å². The molecule has 2 fully saturated rings. The Bertz CT molecular complexity index is 582. The fraction of sp³-hybridized carbons (Fsp3) is 0.643. The molecule has 1 unspecified atom stereocenters. The van der Waals surface area contributed by atoms with Crippen LogP contribution in [0.3, 0.4) is 0 Å². The Kier molecular flexibility index (Phi) is 3.77. The molecule has 0 aromatic carbocycles. The molecule has 0 bridgehead atoms. The molecule has 112 valence electrons. The third-order valence-corrected chi connectivity index (χ3v) is 5.49. The van der Waals surface area contributed by atoms with Gasteiger partial charge in [0.05, 0.1) is 6.61 Å². The number of hydrogen-bond acceptors (Lipinski definition) is 7. The Labute approximate surface area is 132 Å². The molecule has 2 aromatic heterocycles. The predicted octanol–water partition coefficient (Wildman–Crippen LogP) is 3.17. The fourth-order valence-corrected chi connectivity index (χ4v) is 3.98. The molecule has 1 aliphatic carbocycles. The average Bonchev–Trinajstić information content (AvgIpc) is 3.05. The third kappa shape index (κ3) is 3.18. The van der Waals surface area contributed by atoms with Crippen molar-refractivity contribution in [2.75, 3.05) is 24.6 Å². The van der Waals surface area contributed by atoms with Crippen LogP contribution in [0.1, 0.15) is 37.4 Å². The highest BCUT2D eigenvalue weighted by molar-refractivity contribution is 7.11. The monoisotopic (exact) mass is 322 g/mol. The number of ether oxygens (including phenoxy) is 1. The van der Waals surface area contributed by atoms with Crippen LogP contribution in [0.25, 0.3) is 0 Å². The smallest absolute Gasteiger partial charge is 0.273 e. The maximum Gasteiger partial charge on any atom is 0.273 e. The lowest BCUT2D eigenvalue weighted by Gasteiger charge is -2.31. The lowest BCUT2D eigenvalue weighted by molar-refractivity contribution is 0.228. The van der Waals surface area contributed by atoms with Crippen molar-refractivity contribution >= 4 is 28.0 Å². The van der Waals surface area contributed by atoms with Crippen molar-refractivity contribution in [2.45, 2.75) is 31.6 Å². The Balaban J connectivity index is 1.35. The van der Waals surface area contributed by atoms with E-state index in [-0.39, 0.29) is 0 Å². The summed E-state index contributed by atoms with van der Waals surface area (Å²) in [6, 6.07) is 0. The minimum atomic E-state index is 0.552. The third-order valence-electron chi connectivity index (χ3n) is 4.02. The first-order valence-corrected chi connectivity index (χ1v) is 9.14. The number of rotatable bonds is 5. The summed E-state index contributed by atoms with van der Waals surface area (Å²) in [5, 5.41) is 3.82. The van der Waals surface area contributed by atoms with Gasteiger partial charge < -0.3 is 9.64 Å². The van der Waals surface area contributed by atoms with Crippen molar-refractivity contribution < 1.29 is 4.74 Å². The highest BCUT2D eigenvalue weighted by atomic mass is 32.1. The van der Waals surface area contributed by atoms with Crippen molar-refractivity contribution in [3.05, 3.63) is 17.4 Å². The van der Waals surface area contributed by atoms with E-state index in [0.29, 0.717) is 11.8 Å². The van der Waals surface area contributed by atoms with E-state index in [9.17, 15) is 0 Å². The molecule has 5 nitrogen and oxygen atoms in total. The van der Waals surface area contributed by atoms with Gasteiger partial charge in [0.2, 0.25) is 5.13 Å². The molecule has 1 saturated heterocycles. The largest absolute Gasteiger partial charge is 0.470 e. The Hall–Kier alpha value is -1.21. The molecule has 0 spiro atoms. The number of anilines is 1. The van der Waals surface area contributed by atoms with Crippen molar-refractivity contribution in [3.63, 3.8) is 0 Å². The molecule has 3 heterocycles. The Morgan fingerprint density at radius 1 is 1.33 bits per heavy atom. The highest BCUT2D eigenvalue weighted by Gasteiger charge is 2.29.